The van der Waals surface area contributed by atoms with E-state index in [0.29, 0.717) is 12.1 Å². The van der Waals surface area contributed by atoms with Gasteiger partial charge in [-0.05, 0) is 33.1 Å². The zero-order valence-electron chi connectivity index (χ0n) is 14.0. The lowest BCUT2D eigenvalue weighted by Crippen LogP contribution is -2.46. The van der Waals surface area contributed by atoms with Crippen LogP contribution in [0.1, 0.15) is 41.5 Å². The first kappa shape index (κ1) is 18.3. The second-order valence-corrected chi connectivity index (χ2v) is 6.10. The maximum Gasteiger partial charge on any atom is 0.0419 e. The van der Waals surface area contributed by atoms with Crippen LogP contribution in [0.25, 0.3) is 0 Å². The molecule has 0 bridgehead atoms. The van der Waals surface area contributed by atoms with Crippen LogP contribution in [0.5, 0.6) is 0 Å². The normalized spacial score (nSPS) is 17.5. The average Bonchev–Trinajstić information content (AvgIpc) is 2.40. The smallest absolute Gasteiger partial charge is 0.0419 e. The lowest BCUT2D eigenvalue weighted by molar-refractivity contribution is 0.314. The van der Waals surface area contributed by atoms with E-state index in [1.807, 2.05) is 14.1 Å². The van der Waals surface area contributed by atoms with Crippen LogP contribution < -0.4 is 10.6 Å². The molecule has 4 nitrogen and oxygen atoms in total. The molecule has 0 aromatic carbocycles. The summed E-state index contributed by atoms with van der Waals surface area (Å²) in [7, 11) is 3.68. The molecule has 0 rings (SSSR count). The molecule has 2 N–H and O–H groups in total. The van der Waals surface area contributed by atoms with Crippen LogP contribution in [-0.4, -0.2) is 50.7 Å². The van der Waals surface area contributed by atoms with E-state index in [4.69, 9.17) is 0 Å². The molecule has 0 aromatic rings. The summed E-state index contributed by atoms with van der Waals surface area (Å²) in [5.74, 6) is 0. The zero-order valence-corrected chi connectivity index (χ0v) is 14.0. The van der Waals surface area contributed by atoms with Gasteiger partial charge in [0.1, 0.15) is 0 Å². The monoisotopic (exact) mass is 268 g/mol. The van der Waals surface area contributed by atoms with Gasteiger partial charge in [0.25, 0.3) is 0 Å². The first-order chi connectivity index (χ1) is 8.73. The highest BCUT2D eigenvalue weighted by Gasteiger charge is 2.20. The van der Waals surface area contributed by atoms with Crippen molar-refractivity contribution in [3.8, 4) is 0 Å². The van der Waals surface area contributed by atoms with Crippen LogP contribution in [0.3, 0.4) is 0 Å². The Morgan fingerprint density at radius 1 is 0.895 bits per heavy atom. The Labute approximate surface area is 119 Å². The van der Waals surface area contributed by atoms with Crippen molar-refractivity contribution in [3.05, 3.63) is 0 Å². The second kappa shape index (κ2) is 8.43. The van der Waals surface area contributed by atoms with Crippen molar-refractivity contribution in [1.29, 1.82) is 0 Å². The molecule has 19 heavy (non-hydrogen) atoms. The van der Waals surface area contributed by atoms with Crippen LogP contribution in [0.4, 0.5) is 0 Å². The van der Waals surface area contributed by atoms with Crippen LogP contribution in [-0.2, 0) is 0 Å². The van der Waals surface area contributed by atoms with Gasteiger partial charge in [-0.1, -0.05) is 13.8 Å². The third-order valence-corrected chi connectivity index (χ3v) is 3.73. The van der Waals surface area contributed by atoms with Crippen molar-refractivity contribution in [3.63, 3.8) is 0 Å². The zero-order chi connectivity index (χ0) is 15.1. The Morgan fingerprint density at radius 3 is 1.47 bits per heavy atom. The van der Waals surface area contributed by atoms with E-state index in [9.17, 15) is 0 Å². The molecule has 0 heterocycles. The van der Waals surface area contributed by atoms with Gasteiger partial charge in [0.2, 0.25) is 0 Å². The molecule has 0 radical (unpaired) electrons. The highest BCUT2D eigenvalue weighted by atomic mass is 15.0. The lowest BCUT2D eigenvalue weighted by atomic mass is 9.92. The van der Waals surface area contributed by atoms with Gasteiger partial charge in [-0.25, -0.2) is 0 Å². The van der Waals surface area contributed by atoms with Gasteiger partial charge >= 0.3 is 0 Å². The minimum absolute atomic E-state index is 0.199. The minimum atomic E-state index is 0.199. The summed E-state index contributed by atoms with van der Waals surface area (Å²) in [5, 5.41) is 7.08. The number of rotatable bonds is 8. The fraction of sp³-hybridized carbons (Fsp3) is 0.867. The van der Waals surface area contributed by atoms with Crippen molar-refractivity contribution < 1.29 is 0 Å². The molecule has 0 amide bonds. The molecule has 0 saturated carbocycles. The summed E-state index contributed by atoms with van der Waals surface area (Å²) in [6, 6.07) is 0.668. The average molecular weight is 268 g/mol. The fourth-order valence-electron chi connectivity index (χ4n) is 1.60. The molecule has 0 aliphatic carbocycles. The van der Waals surface area contributed by atoms with E-state index in [-0.39, 0.29) is 5.41 Å². The predicted molar refractivity (Wildman–Crippen MR) is 86.8 cm³/mol. The summed E-state index contributed by atoms with van der Waals surface area (Å²) in [6.07, 6.45) is 0. The quantitative estimate of drug-likeness (QED) is 0.663. The first-order valence-electron chi connectivity index (χ1n) is 7.07. The molecule has 0 unspecified atom stereocenters. The largest absolute Gasteiger partial charge is 0.309 e. The van der Waals surface area contributed by atoms with Crippen molar-refractivity contribution in [2.24, 2.45) is 15.4 Å². The first-order valence-corrected chi connectivity index (χ1v) is 7.07. The van der Waals surface area contributed by atoms with Gasteiger partial charge in [0, 0.05) is 50.7 Å². The van der Waals surface area contributed by atoms with E-state index in [0.717, 1.165) is 24.5 Å². The molecule has 2 atom stereocenters. The standard InChI is InChI=1S/C15H32N4/c1-11(16-7)13(3)18-9-15(5,6)10-19-14(4)12(2)17-8/h13-14,18-19H,9-10H2,1-8H3/t13-,14-/m1/s1. The molecule has 4 heteroatoms. The molecule has 0 aromatic heterocycles. The number of nitrogens with one attached hydrogen (secondary N) is 2. The van der Waals surface area contributed by atoms with Gasteiger partial charge in [0.05, 0.1) is 0 Å². The molecular formula is C15H32N4. The van der Waals surface area contributed by atoms with E-state index in [1.165, 1.54) is 0 Å². The van der Waals surface area contributed by atoms with Crippen LogP contribution in [0.15, 0.2) is 9.98 Å². The molecule has 0 fully saturated rings. The van der Waals surface area contributed by atoms with Crippen LogP contribution >= 0.6 is 0 Å². The molecular weight excluding hydrogens is 236 g/mol. The highest BCUT2D eigenvalue weighted by Crippen LogP contribution is 2.12. The maximum atomic E-state index is 4.22. The number of hydrogen-bond donors (Lipinski definition) is 2. The van der Waals surface area contributed by atoms with E-state index >= 15 is 0 Å². The highest BCUT2D eigenvalue weighted by molar-refractivity contribution is 5.87. The van der Waals surface area contributed by atoms with Crippen molar-refractivity contribution in [1.82, 2.24) is 10.6 Å². The molecule has 0 saturated heterocycles. The van der Waals surface area contributed by atoms with Crippen molar-refractivity contribution in [2.45, 2.75) is 53.6 Å². The Bertz CT molecular complexity index is 288. The second-order valence-electron chi connectivity index (χ2n) is 6.10. The Hall–Kier alpha value is -0.740. The number of hydrogen-bond acceptors (Lipinski definition) is 4. The van der Waals surface area contributed by atoms with Crippen LogP contribution in [0.2, 0.25) is 0 Å². The van der Waals surface area contributed by atoms with E-state index in [2.05, 4.69) is 62.2 Å². The van der Waals surface area contributed by atoms with Gasteiger partial charge in [-0.2, -0.15) is 0 Å². The lowest BCUT2D eigenvalue weighted by Gasteiger charge is -2.29. The van der Waals surface area contributed by atoms with Gasteiger partial charge in [-0.15, -0.1) is 0 Å². The summed E-state index contributed by atoms with van der Waals surface area (Å²) in [4.78, 5) is 8.44. The van der Waals surface area contributed by atoms with Gasteiger partial charge < -0.3 is 10.6 Å². The van der Waals surface area contributed by atoms with Gasteiger partial charge in [0.15, 0.2) is 0 Å². The summed E-state index contributed by atoms with van der Waals surface area (Å²) >= 11 is 0. The SMILES string of the molecule is CN=C(C)[C@@H](C)NCC(C)(C)CN[C@H](C)C(C)=NC. The number of nitrogens with zero attached hydrogens (tertiary/aromatic N) is 2. The predicted octanol–water partition coefficient (Wildman–Crippen LogP) is 2.15. The van der Waals surface area contributed by atoms with E-state index in [1.54, 1.807) is 0 Å². The summed E-state index contributed by atoms with van der Waals surface area (Å²) < 4.78 is 0. The Kier molecular flexibility index (Phi) is 8.11. The topological polar surface area (TPSA) is 48.8 Å². The Balaban J connectivity index is 4.19. The molecule has 0 spiro atoms. The van der Waals surface area contributed by atoms with Crippen molar-refractivity contribution >= 4 is 11.4 Å². The minimum Gasteiger partial charge on any atom is -0.309 e. The van der Waals surface area contributed by atoms with E-state index < -0.39 is 0 Å². The Morgan fingerprint density at radius 2 is 1.21 bits per heavy atom. The van der Waals surface area contributed by atoms with Gasteiger partial charge in [-0.3, -0.25) is 9.98 Å². The molecule has 0 aliphatic rings. The molecule has 112 valence electrons. The van der Waals surface area contributed by atoms with Crippen LogP contribution in [0, 0.1) is 5.41 Å². The van der Waals surface area contributed by atoms with Crippen molar-refractivity contribution in [2.75, 3.05) is 27.2 Å². The summed E-state index contributed by atoms with van der Waals surface area (Å²) in [5.41, 5.74) is 2.49. The fourth-order valence-corrected chi connectivity index (χ4v) is 1.60. The third-order valence-electron chi connectivity index (χ3n) is 3.73. The third kappa shape index (κ3) is 7.43. The number of aliphatic imine (C=N–C) groups is 2. The maximum absolute atomic E-state index is 4.22. The summed E-state index contributed by atoms with van der Waals surface area (Å²) in [6.45, 7) is 14.9. The molecule has 0 aliphatic heterocycles.